The summed E-state index contributed by atoms with van der Waals surface area (Å²) in [4.78, 5) is 25.6. The van der Waals surface area contributed by atoms with Crippen molar-refractivity contribution in [1.82, 2.24) is 9.97 Å². The number of fused-ring (bicyclic) bond motifs is 2. The first-order chi connectivity index (χ1) is 15.2. The highest BCUT2D eigenvalue weighted by Crippen LogP contribution is 2.35. The topological polar surface area (TPSA) is 46.1 Å². The van der Waals surface area contributed by atoms with Gasteiger partial charge < -0.3 is 0 Å². The third-order valence-corrected chi connectivity index (χ3v) is 6.94. The smallest absolute Gasteiger partial charge is 0.260 e. The van der Waals surface area contributed by atoms with Gasteiger partial charge in [-0.25, -0.2) is 4.98 Å². The molecule has 0 unspecified atom stereocenters. The lowest BCUT2D eigenvalue weighted by molar-refractivity contribution is 0.0985. The lowest BCUT2D eigenvalue weighted by atomic mass is 10.1. The van der Waals surface area contributed by atoms with Crippen LogP contribution in [0.15, 0.2) is 90.1 Å². The highest BCUT2D eigenvalue weighted by atomic mass is 32.2. The standard InChI is InChI=1S/C25H19N3OS2/c1-30-21-9-4-10-22-23(21)27-25(31-22)28(16-17-6-5-13-26-15-17)24(29)20-12-11-18-7-2-3-8-19(18)14-20/h2-15H,16H2,1H3. The van der Waals surface area contributed by atoms with Crippen LogP contribution in [0.5, 0.6) is 0 Å². The molecule has 0 saturated heterocycles. The molecule has 2 heterocycles. The Balaban J connectivity index is 1.60. The van der Waals surface area contributed by atoms with Crippen LogP contribution in [0.1, 0.15) is 15.9 Å². The van der Waals surface area contributed by atoms with E-state index in [2.05, 4.69) is 23.2 Å². The molecule has 0 saturated carbocycles. The summed E-state index contributed by atoms with van der Waals surface area (Å²) in [5.74, 6) is -0.0700. The van der Waals surface area contributed by atoms with Crippen LogP contribution in [0.4, 0.5) is 5.13 Å². The Hall–Kier alpha value is -3.22. The van der Waals surface area contributed by atoms with Crippen molar-refractivity contribution in [2.24, 2.45) is 0 Å². The number of hydrogen-bond acceptors (Lipinski definition) is 5. The van der Waals surface area contributed by atoms with E-state index < -0.39 is 0 Å². The Morgan fingerprint density at radius 3 is 2.68 bits per heavy atom. The second-order valence-electron chi connectivity index (χ2n) is 7.12. The number of rotatable bonds is 5. The van der Waals surface area contributed by atoms with Gasteiger partial charge >= 0.3 is 0 Å². The van der Waals surface area contributed by atoms with Gasteiger partial charge in [0, 0.05) is 22.9 Å². The minimum absolute atomic E-state index is 0.0700. The monoisotopic (exact) mass is 441 g/mol. The molecule has 0 aliphatic heterocycles. The van der Waals surface area contributed by atoms with Crippen molar-refractivity contribution in [2.75, 3.05) is 11.2 Å². The van der Waals surface area contributed by atoms with E-state index in [4.69, 9.17) is 4.98 Å². The average molecular weight is 442 g/mol. The largest absolute Gasteiger partial charge is 0.279 e. The second-order valence-corrected chi connectivity index (χ2v) is 8.98. The molecule has 0 N–H and O–H groups in total. The van der Waals surface area contributed by atoms with E-state index in [1.807, 2.05) is 60.9 Å². The molecule has 152 valence electrons. The van der Waals surface area contributed by atoms with E-state index in [0.29, 0.717) is 17.2 Å². The number of amides is 1. The Bertz CT molecular complexity index is 1380. The van der Waals surface area contributed by atoms with E-state index in [9.17, 15) is 4.79 Å². The summed E-state index contributed by atoms with van der Waals surface area (Å²) < 4.78 is 1.07. The van der Waals surface area contributed by atoms with E-state index in [0.717, 1.165) is 31.4 Å². The van der Waals surface area contributed by atoms with Gasteiger partial charge in [0.05, 0.1) is 16.8 Å². The van der Waals surface area contributed by atoms with Crippen molar-refractivity contribution in [3.05, 3.63) is 96.3 Å². The van der Waals surface area contributed by atoms with Crippen molar-refractivity contribution in [2.45, 2.75) is 11.4 Å². The third-order valence-electron chi connectivity index (χ3n) is 5.13. The fraction of sp³-hybridized carbons (Fsp3) is 0.0800. The first-order valence-electron chi connectivity index (χ1n) is 9.86. The lowest BCUT2D eigenvalue weighted by Crippen LogP contribution is -2.30. The number of anilines is 1. The van der Waals surface area contributed by atoms with Crippen molar-refractivity contribution in [3.63, 3.8) is 0 Å². The molecule has 0 radical (unpaired) electrons. The number of aromatic nitrogens is 2. The number of thiazole rings is 1. The van der Waals surface area contributed by atoms with E-state index in [1.54, 1.807) is 40.4 Å². The second kappa shape index (κ2) is 8.49. The van der Waals surface area contributed by atoms with E-state index in [1.165, 1.54) is 0 Å². The number of nitrogens with zero attached hydrogens (tertiary/aromatic N) is 3. The van der Waals surface area contributed by atoms with Gasteiger partial charge in [0.15, 0.2) is 5.13 Å². The molecule has 4 nitrogen and oxygen atoms in total. The van der Waals surface area contributed by atoms with Crippen LogP contribution in [0.25, 0.3) is 21.0 Å². The number of carbonyl (C=O) groups is 1. The zero-order valence-electron chi connectivity index (χ0n) is 16.9. The van der Waals surface area contributed by atoms with E-state index >= 15 is 0 Å². The number of thioether (sulfide) groups is 1. The van der Waals surface area contributed by atoms with Crippen molar-refractivity contribution in [1.29, 1.82) is 0 Å². The average Bonchev–Trinajstić information content (AvgIpc) is 3.26. The summed E-state index contributed by atoms with van der Waals surface area (Å²) in [6.07, 6.45) is 5.57. The number of carbonyl (C=O) groups excluding carboxylic acids is 1. The Labute approximate surface area is 188 Å². The molecule has 1 amide bonds. The predicted molar refractivity (Wildman–Crippen MR) is 130 cm³/mol. The van der Waals surface area contributed by atoms with Crippen LogP contribution in [-0.2, 0) is 6.54 Å². The minimum atomic E-state index is -0.0700. The van der Waals surface area contributed by atoms with Gasteiger partial charge in [-0.05, 0) is 52.9 Å². The van der Waals surface area contributed by atoms with E-state index in [-0.39, 0.29) is 5.91 Å². The maximum absolute atomic E-state index is 13.7. The number of benzene rings is 3. The molecule has 6 heteroatoms. The van der Waals surface area contributed by atoms with Gasteiger partial charge in [-0.3, -0.25) is 14.7 Å². The molecule has 0 bridgehead atoms. The van der Waals surface area contributed by atoms with Crippen LogP contribution < -0.4 is 4.90 Å². The lowest BCUT2D eigenvalue weighted by Gasteiger charge is -2.20. The fourth-order valence-corrected chi connectivity index (χ4v) is 5.19. The normalized spacial score (nSPS) is 11.1. The first kappa shape index (κ1) is 19.7. The van der Waals surface area contributed by atoms with Gasteiger partial charge in [-0.1, -0.05) is 53.8 Å². The molecule has 31 heavy (non-hydrogen) atoms. The molecule has 5 aromatic rings. The van der Waals surface area contributed by atoms with Gasteiger partial charge in [-0.2, -0.15) is 0 Å². The van der Waals surface area contributed by atoms with Crippen LogP contribution in [0, 0.1) is 0 Å². The van der Waals surface area contributed by atoms with Crippen molar-refractivity contribution >= 4 is 55.1 Å². The highest BCUT2D eigenvalue weighted by Gasteiger charge is 2.23. The van der Waals surface area contributed by atoms with Crippen LogP contribution in [0.2, 0.25) is 0 Å². The Kier molecular flexibility index (Phi) is 5.40. The van der Waals surface area contributed by atoms with Crippen molar-refractivity contribution in [3.8, 4) is 0 Å². The minimum Gasteiger partial charge on any atom is -0.279 e. The molecule has 0 atom stereocenters. The molecule has 0 spiro atoms. The summed E-state index contributed by atoms with van der Waals surface area (Å²) in [6, 6.07) is 23.9. The third kappa shape index (κ3) is 3.92. The zero-order valence-corrected chi connectivity index (χ0v) is 18.5. The molecule has 0 aliphatic carbocycles. The molecule has 5 rings (SSSR count). The van der Waals surface area contributed by atoms with Gasteiger partial charge in [0.2, 0.25) is 0 Å². The van der Waals surface area contributed by atoms with Crippen molar-refractivity contribution < 1.29 is 4.79 Å². The summed E-state index contributed by atoms with van der Waals surface area (Å²) >= 11 is 3.21. The van der Waals surface area contributed by atoms with Gasteiger partial charge in [0.25, 0.3) is 5.91 Å². The number of pyridine rings is 1. The Morgan fingerprint density at radius 1 is 1.00 bits per heavy atom. The molecular formula is C25H19N3OS2. The van der Waals surface area contributed by atoms with Crippen LogP contribution >= 0.6 is 23.1 Å². The molecule has 0 aliphatic rings. The predicted octanol–water partition coefficient (Wildman–Crippen LogP) is 6.41. The quantitative estimate of drug-likeness (QED) is 0.296. The summed E-state index contributed by atoms with van der Waals surface area (Å²) in [5.41, 5.74) is 2.55. The molecule has 3 aromatic carbocycles. The summed E-state index contributed by atoms with van der Waals surface area (Å²) in [6.45, 7) is 0.411. The first-order valence-corrected chi connectivity index (χ1v) is 11.9. The molecule has 2 aromatic heterocycles. The highest BCUT2D eigenvalue weighted by molar-refractivity contribution is 7.98. The fourth-order valence-electron chi connectivity index (χ4n) is 3.57. The van der Waals surface area contributed by atoms with Crippen LogP contribution in [-0.4, -0.2) is 22.1 Å². The van der Waals surface area contributed by atoms with Crippen LogP contribution in [0.3, 0.4) is 0 Å². The van der Waals surface area contributed by atoms with Gasteiger partial charge in [0.1, 0.15) is 0 Å². The maximum atomic E-state index is 13.7. The molecular weight excluding hydrogens is 422 g/mol. The Morgan fingerprint density at radius 2 is 1.87 bits per heavy atom. The maximum Gasteiger partial charge on any atom is 0.260 e. The SMILES string of the molecule is CSc1cccc2sc(N(Cc3cccnc3)C(=O)c3ccc4ccccc4c3)nc12. The van der Waals surface area contributed by atoms with Gasteiger partial charge in [-0.15, -0.1) is 11.8 Å². The zero-order chi connectivity index (χ0) is 21.2. The summed E-state index contributed by atoms with van der Waals surface area (Å²) in [5, 5.41) is 2.85. The number of hydrogen-bond donors (Lipinski definition) is 0. The molecule has 0 fully saturated rings. The summed E-state index contributed by atoms with van der Waals surface area (Å²) in [7, 11) is 0. The number of para-hydroxylation sites is 1.